The van der Waals surface area contributed by atoms with Crippen LogP contribution in [0.5, 0.6) is 0 Å². The number of benzene rings is 1. The van der Waals surface area contributed by atoms with Crippen molar-refractivity contribution in [2.45, 2.75) is 48.5 Å². The van der Waals surface area contributed by atoms with E-state index in [0.29, 0.717) is 5.92 Å². The van der Waals surface area contributed by atoms with Gasteiger partial charge in [-0.2, -0.15) is 0 Å². The summed E-state index contributed by atoms with van der Waals surface area (Å²) in [7, 11) is 0. The first-order chi connectivity index (χ1) is 5.30. The van der Waals surface area contributed by atoms with E-state index in [9.17, 15) is 0 Å². The Bertz CT molecular complexity index is 163. The fourth-order valence-electron chi connectivity index (χ4n) is 0.838. The molecule has 13 heavy (non-hydrogen) atoms. The summed E-state index contributed by atoms with van der Waals surface area (Å²) in [6.07, 6.45) is 0. The van der Waals surface area contributed by atoms with Crippen LogP contribution in [0.4, 0.5) is 0 Å². The highest BCUT2D eigenvalue weighted by molar-refractivity contribution is 5.17. The molecule has 0 bridgehead atoms. The Kier molecular flexibility index (Phi) is 15.6. The van der Waals surface area contributed by atoms with Crippen molar-refractivity contribution in [1.82, 2.24) is 0 Å². The van der Waals surface area contributed by atoms with Gasteiger partial charge >= 0.3 is 0 Å². The van der Waals surface area contributed by atoms with E-state index >= 15 is 0 Å². The highest BCUT2D eigenvalue weighted by atomic mass is 14.0. The minimum Gasteiger partial charge on any atom is -0.0776 e. The van der Waals surface area contributed by atoms with Crippen molar-refractivity contribution >= 4 is 0 Å². The Labute approximate surface area is 85.0 Å². The molecule has 1 aromatic rings. The zero-order valence-corrected chi connectivity index (χ0v) is 7.96. The van der Waals surface area contributed by atoms with E-state index in [4.69, 9.17) is 0 Å². The summed E-state index contributed by atoms with van der Waals surface area (Å²) in [5, 5.41) is 0. The van der Waals surface area contributed by atoms with Crippen LogP contribution >= 0.6 is 0 Å². The van der Waals surface area contributed by atoms with E-state index in [1.54, 1.807) is 0 Å². The van der Waals surface area contributed by atoms with E-state index in [1.165, 1.54) is 5.56 Å². The van der Waals surface area contributed by atoms with Crippen LogP contribution in [-0.4, -0.2) is 0 Å². The fourth-order valence-corrected chi connectivity index (χ4v) is 0.838. The van der Waals surface area contributed by atoms with E-state index in [2.05, 4.69) is 38.1 Å². The molecule has 0 saturated carbocycles. The van der Waals surface area contributed by atoms with Crippen LogP contribution in [0.15, 0.2) is 30.3 Å². The van der Waals surface area contributed by atoms with Gasteiger partial charge in [-0.25, -0.2) is 0 Å². The SMILES string of the molecule is C.C.CC.CC(C)c1ccccc1. The number of hydrogen-bond donors (Lipinski definition) is 0. The summed E-state index contributed by atoms with van der Waals surface area (Å²) in [4.78, 5) is 0. The molecule has 0 heteroatoms. The maximum atomic E-state index is 2.20. The molecule has 1 rings (SSSR count). The van der Waals surface area contributed by atoms with Crippen molar-refractivity contribution in [3.8, 4) is 0 Å². The van der Waals surface area contributed by atoms with Gasteiger partial charge in [0.05, 0.1) is 0 Å². The van der Waals surface area contributed by atoms with Crippen LogP contribution in [0.25, 0.3) is 0 Å². The van der Waals surface area contributed by atoms with Gasteiger partial charge < -0.3 is 0 Å². The monoisotopic (exact) mass is 182 g/mol. The molecule has 0 spiro atoms. The van der Waals surface area contributed by atoms with Gasteiger partial charge in [-0.15, -0.1) is 0 Å². The molecule has 0 heterocycles. The third-order valence-corrected chi connectivity index (χ3v) is 1.47. The normalized spacial score (nSPS) is 7.46. The second kappa shape index (κ2) is 11.2. The lowest BCUT2D eigenvalue weighted by atomic mass is 10.0. The molecule has 0 N–H and O–H groups in total. The zero-order chi connectivity index (χ0) is 8.69. The molecular weight excluding hydrogens is 156 g/mol. The van der Waals surface area contributed by atoms with Gasteiger partial charge in [-0.3, -0.25) is 0 Å². The maximum Gasteiger partial charge on any atom is -0.0219 e. The highest BCUT2D eigenvalue weighted by Gasteiger charge is 1.93. The van der Waals surface area contributed by atoms with Crippen LogP contribution in [0.1, 0.15) is 54.0 Å². The van der Waals surface area contributed by atoms with Gasteiger partial charge in [0.2, 0.25) is 0 Å². The third kappa shape index (κ3) is 7.58. The van der Waals surface area contributed by atoms with Crippen LogP contribution in [-0.2, 0) is 0 Å². The van der Waals surface area contributed by atoms with E-state index in [1.807, 2.05) is 19.9 Å². The van der Waals surface area contributed by atoms with Gasteiger partial charge in [0, 0.05) is 0 Å². The molecule has 1 aromatic carbocycles. The molecule has 0 aliphatic rings. The predicted molar refractivity (Wildman–Crippen MR) is 65.3 cm³/mol. The largest absolute Gasteiger partial charge is 0.0776 e. The zero-order valence-electron chi connectivity index (χ0n) is 7.96. The smallest absolute Gasteiger partial charge is 0.0219 e. The Morgan fingerprint density at radius 2 is 1.23 bits per heavy atom. The fraction of sp³-hybridized carbons (Fsp3) is 0.538. The molecule has 0 atom stereocenters. The lowest BCUT2D eigenvalue weighted by molar-refractivity contribution is 0.867. The molecule has 78 valence electrons. The van der Waals surface area contributed by atoms with E-state index in [-0.39, 0.29) is 14.9 Å². The quantitative estimate of drug-likeness (QED) is 0.566. The van der Waals surface area contributed by atoms with Crippen molar-refractivity contribution < 1.29 is 0 Å². The summed E-state index contributed by atoms with van der Waals surface area (Å²) in [6.45, 7) is 8.41. The second-order valence-electron chi connectivity index (χ2n) is 2.57. The van der Waals surface area contributed by atoms with Crippen molar-refractivity contribution in [2.24, 2.45) is 0 Å². The van der Waals surface area contributed by atoms with E-state index in [0.717, 1.165) is 0 Å². The summed E-state index contributed by atoms with van der Waals surface area (Å²) in [5.41, 5.74) is 1.41. The van der Waals surface area contributed by atoms with Crippen molar-refractivity contribution in [3.05, 3.63) is 35.9 Å². The Balaban J connectivity index is -0.000000234. The van der Waals surface area contributed by atoms with Crippen molar-refractivity contribution in [2.75, 3.05) is 0 Å². The second-order valence-corrected chi connectivity index (χ2v) is 2.57. The minimum absolute atomic E-state index is 0. The predicted octanol–water partition coefficient (Wildman–Crippen LogP) is 5.11. The van der Waals surface area contributed by atoms with Gasteiger partial charge in [-0.1, -0.05) is 72.9 Å². The molecule has 0 aliphatic heterocycles. The van der Waals surface area contributed by atoms with Crippen LogP contribution in [0, 0.1) is 0 Å². The molecule has 0 unspecified atom stereocenters. The number of hydrogen-bond acceptors (Lipinski definition) is 0. The molecule has 0 aromatic heterocycles. The Morgan fingerprint density at radius 3 is 1.46 bits per heavy atom. The van der Waals surface area contributed by atoms with E-state index < -0.39 is 0 Å². The van der Waals surface area contributed by atoms with Gasteiger partial charge in [0.1, 0.15) is 0 Å². The topological polar surface area (TPSA) is 0 Å². The standard InChI is InChI=1S/C9H12.C2H6.2CH4/c1-8(2)9-6-4-3-5-7-9;1-2;;/h3-8H,1-2H3;1-2H3;2*1H4. The minimum atomic E-state index is 0. The van der Waals surface area contributed by atoms with Crippen LogP contribution < -0.4 is 0 Å². The average Bonchev–Trinajstić information content (AvgIpc) is 2.10. The molecule has 0 fully saturated rings. The highest BCUT2D eigenvalue weighted by Crippen LogP contribution is 2.11. The lowest BCUT2D eigenvalue weighted by Crippen LogP contribution is -1.83. The molecule has 0 amide bonds. The van der Waals surface area contributed by atoms with Crippen LogP contribution in [0.2, 0.25) is 0 Å². The maximum absolute atomic E-state index is 2.20. The molecule has 0 radical (unpaired) electrons. The summed E-state index contributed by atoms with van der Waals surface area (Å²) in [5.74, 6) is 0.659. The summed E-state index contributed by atoms with van der Waals surface area (Å²) < 4.78 is 0. The van der Waals surface area contributed by atoms with Crippen LogP contribution in [0.3, 0.4) is 0 Å². The molecule has 0 nitrogen and oxygen atoms in total. The number of rotatable bonds is 1. The third-order valence-electron chi connectivity index (χ3n) is 1.47. The molecule has 0 aliphatic carbocycles. The Morgan fingerprint density at radius 1 is 0.846 bits per heavy atom. The first-order valence-corrected chi connectivity index (χ1v) is 4.35. The Hall–Kier alpha value is -0.780. The van der Waals surface area contributed by atoms with Gasteiger partial charge in [-0.05, 0) is 11.5 Å². The first-order valence-electron chi connectivity index (χ1n) is 4.35. The van der Waals surface area contributed by atoms with Gasteiger partial charge in [0.15, 0.2) is 0 Å². The average molecular weight is 182 g/mol. The summed E-state index contributed by atoms with van der Waals surface area (Å²) >= 11 is 0. The molecular formula is C13H26. The molecule has 0 saturated heterocycles. The van der Waals surface area contributed by atoms with Gasteiger partial charge in [0.25, 0.3) is 0 Å². The van der Waals surface area contributed by atoms with Crippen molar-refractivity contribution in [3.63, 3.8) is 0 Å². The van der Waals surface area contributed by atoms with Crippen molar-refractivity contribution in [1.29, 1.82) is 0 Å². The lowest BCUT2D eigenvalue weighted by Gasteiger charge is -2.01. The first kappa shape index (κ1) is 18.1. The summed E-state index contributed by atoms with van der Waals surface area (Å²) in [6, 6.07) is 10.5.